The smallest absolute Gasteiger partial charge is 0.410 e. The van der Waals surface area contributed by atoms with Gasteiger partial charge in [-0.3, -0.25) is 24.1 Å². The summed E-state index contributed by atoms with van der Waals surface area (Å²) in [6, 6.07) is 9.20. The molecule has 0 saturated carbocycles. The number of carbonyl (C=O) groups excluding carboxylic acids is 5. The van der Waals surface area contributed by atoms with Crippen molar-refractivity contribution in [3.63, 3.8) is 0 Å². The quantitative estimate of drug-likeness (QED) is 0.305. The SMILES string of the molecule is CCOC(=O)C1CC(C2CC(=O)C(C(=O)OCC)CN(C(=O)OCc3ccccc3)C2)CN(C)CC1=O. The Morgan fingerprint density at radius 1 is 0.838 bits per heavy atom. The van der Waals surface area contributed by atoms with Gasteiger partial charge in [-0.1, -0.05) is 30.3 Å². The zero-order valence-corrected chi connectivity index (χ0v) is 21.7. The number of carbonyl (C=O) groups is 5. The monoisotopic (exact) mass is 516 g/mol. The van der Waals surface area contributed by atoms with Crippen molar-refractivity contribution in [1.29, 1.82) is 0 Å². The summed E-state index contributed by atoms with van der Waals surface area (Å²) in [6.07, 6.45) is -0.414. The van der Waals surface area contributed by atoms with Crippen molar-refractivity contribution in [2.45, 2.75) is 33.3 Å². The first-order chi connectivity index (χ1) is 17.7. The maximum atomic E-state index is 13.2. The molecule has 2 aliphatic rings. The molecule has 202 valence electrons. The van der Waals surface area contributed by atoms with Crippen LogP contribution in [0.5, 0.6) is 0 Å². The number of nitrogens with zero attached hydrogens (tertiary/aromatic N) is 2. The summed E-state index contributed by atoms with van der Waals surface area (Å²) in [5, 5.41) is 0. The average Bonchev–Trinajstić information content (AvgIpc) is 3.14. The van der Waals surface area contributed by atoms with Crippen LogP contribution in [0.2, 0.25) is 0 Å². The molecule has 0 aliphatic carbocycles. The molecule has 0 bridgehead atoms. The Balaban J connectivity index is 1.84. The fourth-order valence-electron chi connectivity index (χ4n) is 5.03. The van der Waals surface area contributed by atoms with E-state index in [-0.39, 0.29) is 75.7 Å². The Hall–Kier alpha value is -3.27. The largest absolute Gasteiger partial charge is 0.465 e. The molecule has 37 heavy (non-hydrogen) atoms. The van der Waals surface area contributed by atoms with Crippen molar-refractivity contribution in [1.82, 2.24) is 9.80 Å². The number of likely N-dealkylation sites (N-methyl/N-ethyl adjacent to an activating group) is 1. The van der Waals surface area contributed by atoms with Gasteiger partial charge in [0.05, 0.1) is 19.8 Å². The standard InChI is InChI=1S/C27H36N2O8/c1-4-35-25(32)21-11-19(13-28(3)16-24(21)31)20-12-23(30)22(26(33)36-5-2)15-29(14-20)27(34)37-17-18-9-7-6-8-10-18/h6-10,19-22H,4-5,11-17H2,1-3H3. The van der Waals surface area contributed by atoms with Crippen LogP contribution < -0.4 is 0 Å². The van der Waals surface area contributed by atoms with E-state index in [1.807, 2.05) is 35.2 Å². The number of amides is 1. The normalized spacial score (nSPS) is 25.1. The lowest BCUT2D eigenvalue weighted by molar-refractivity contribution is -0.153. The Morgan fingerprint density at radius 2 is 1.49 bits per heavy atom. The minimum atomic E-state index is -1.12. The molecule has 1 aromatic rings. The van der Waals surface area contributed by atoms with E-state index in [1.54, 1.807) is 20.9 Å². The van der Waals surface area contributed by atoms with Crippen molar-refractivity contribution >= 4 is 29.6 Å². The summed E-state index contributed by atoms with van der Waals surface area (Å²) in [5.41, 5.74) is 0.807. The number of rotatable bonds is 7. The van der Waals surface area contributed by atoms with Crippen molar-refractivity contribution in [2.24, 2.45) is 23.7 Å². The highest BCUT2D eigenvalue weighted by molar-refractivity contribution is 6.01. The number of benzene rings is 1. The van der Waals surface area contributed by atoms with Gasteiger partial charge < -0.3 is 19.1 Å². The van der Waals surface area contributed by atoms with Crippen molar-refractivity contribution in [3.05, 3.63) is 35.9 Å². The molecule has 10 nitrogen and oxygen atoms in total. The lowest BCUT2D eigenvalue weighted by atomic mass is 9.80. The van der Waals surface area contributed by atoms with Gasteiger partial charge in [0.25, 0.3) is 0 Å². The summed E-state index contributed by atoms with van der Waals surface area (Å²) < 4.78 is 15.8. The lowest BCUT2D eigenvalue weighted by Gasteiger charge is -2.31. The second-order valence-corrected chi connectivity index (χ2v) is 9.64. The van der Waals surface area contributed by atoms with Crippen molar-refractivity contribution in [3.8, 4) is 0 Å². The van der Waals surface area contributed by atoms with E-state index >= 15 is 0 Å². The van der Waals surface area contributed by atoms with Crippen molar-refractivity contribution < 1.29 is 38.2 Å². The van der Waals surface area contributed by atoms with E-state index in [0.29, 0.717) is 6.54 Å². The van der Waals surface area contributed by atoms with Crippen LogP contribution in [-0.4, -0.2) is 85.8 Å². The van der Waals surface area contributed by atoms with Crippen LogP contribution in [-0.2, 0) is 40.0 Å². The zero-order valence-electron chi connectivity index (χ0n) is 21.7. The van der Waals surface area contributed by atoms with Gasteiger partial charge in [-0.25, -0.2) is 4.79 Å². The van der Waals surface area contributed by atoms with Crippen LogP contribution in [0.15, 0.2) is 30.3 Å². The molecule has 0 radical (unpaired) electrons. The third kappa shape index (κ3) is 7.61. The Kier molecular flexibility index (Phi) is 10.2. The molecule has 2 fully saturated rings. The van der Waals surface area contributed by atoms with Gasteiger partial charge in [-0.2, -0.15) is 0 Å². The van der Waals surface area contributed by atoms with E-state index < -0.39 is 29.9 Å². The molecular weight excluding hydrogens is 480 g/mol. The molecule has 10 heteroatoms. The highest BCUT2D eigenvalue weighted by Gasteiger charge is 2.43. The summed E-state index contributed by atoms with van der Waals surface area (Å²) in [4.78, 5) is 67.5. The van der Waals surface area contributed by atoms with E-state index in [9.17, 15) is 24.0 Å². The average molecular weight is 517 g/mol. The molecule has 3 rings (SSSR count). The number of Topliss-reactive ketones (excluding diaryl/α,β-unsaturated/α-hetero) is 2. The van der Waals surface area contributed by atoms with Crippen LogP contribution in [0.3, 0.4) is 0 Å². The predicted octanol–water partition coefficient (Wildman–Crippen LogP) is 2.09. The Labute approximate surface area is 217 Å². The lowest BCUT2D eigenvalue weighted by Crippen LogP contribution is -2.41. The van der Waals surface area contributed by atoms with Gasteiger partial charge in [-0.05, 0) is 44.7 Å². The second-order valence-electron chi connectivity index (χ2n) is 9.64. The van der Waals surface area contributed by atoms with Crippen LogP contribution in [0, 0.1) is 23.7 Å². The van der Waals surface area contributed by atoms with Gasteiger partial charge in [0, 0.05) is 26.1 Å². The van der Waals surface area contributed by atoms with Crippen LogP contribution in [0.4, 0.5) is 4.79 Å². The van der Waals surface area contributed by atoms with Gasteiger partial charge in [0.2, 0.25) is 0 Å². The molecule has 2 aliphatic heterocycles. The van der Waals surface area contributed by atoms with Crippen LogP contribution >= 0.6 is 0 Å². The van der Waals surface area contributed by atoms with E-state index in [1.165, 1.54) is 4.90 Å². The number of esters is 2. The van der Waals surface area contributed by atoms with Gasteiger partial charge in [0.1, 0.15) is 24.2 Å². The molecule has 0 aromatic heterocycles. The fraction of sp³-hybridized carbons (Fsp3) is 0.593. The van der Waals surface area contributed by atoms with Gasteiger partial charge >= 0.3 is 18.0 Å². The van der Waals surface area contributed by atoms with Gasteiger partial charge in [-0.15, -0.1) is 0 Å². The van der Waals surface area contributed by atoms with E-state index in [0.717, 1.165) is 5.56 Å². The predicted molar refractivity (Wildman–Crippen MR) is 132 cm³/mol. The molecule has 1 aromatic carbocycles. The number of hydrogen-bond donors (Lipinski definition) is 0. The van der Waals surface area contributed by atoms with Gasteiger partial charge in [0.15, 0.2) is 5.78 Å². The first kappa shape index (κ1) is 28.3. The van der Waals surface area contributed by atoms with Crippen molar-refractivity contribution in [2.75, 3.05) is 46.4 Å². The molecule has 2 saturated heterocycles. The molecule has 2 heterocycles. The minimum Gasteiger partial charge on any atom is -0.465 e. The Bertz CT molecular complexity index is 982. The fourth-order valence-corrected chi connectivity index (χ4v) is 5.03. The third-order valence-corrected chi connectivity index (χ3v) is 6.88. The molecule has 0 N–H and O–H groups in total. The summed E-state index contributed by atoms with van der Waals surface area (Å²) in [7, 11) is 1.78. The molecule has 0 spiro atoms. The number of hydrogen-bond acceptors (Lipinski definition) is 9. The first-order valence-electron chi connectivity index (χ1n) is 12.8. The van der Waals surface area contributed by atoms with E-state index in [2.05, 4.69) is 0 Å². The summed E-state index contributed by atoms with van der Waals surface area (Å²) >= 11 is 0. The minimum absolute atomic E-state index is 0.0220. The molecule has 4 atom stereocenters. The maximum Gasteiger partial charge on any atom is 0.410 e. The summed E-state index contributed by atoms with van der Waals surface area (Å²) in [6.45, 7) is 4.20. The van der Waals surface area contributed by atoms with Crippen LogP contribution in [0.25, 0.3) is 0 Å². The molecule has 4 unspecified atom stereocenters. The number of ketones is 2. The highest BCUT2D eigenvalue weighted by atomic mass is 16.6. The second kappa shape index (κ2) is 13.3. The molecule has 1 amide bonds. The maximum absolute atomic E-state index is 13.2. The summed E-state index contributed by atoms with van der Waals surface area (Å²) in [5.74, 6) is -4.52. The molecular formula is C27H36N2O8. The van der Waals surface area contributed by atoms with E-state index in [4.69, 9.17) is 14.2 Å². The highest BCUT2D eigenvalue weighted by Crippen LogP contribution is 2.32. The van der Waals surface area contributed by atoms with Crippen LogP contribution in [0.1, 0.15) is 32.3 Å². The third-order valence-electron chi connectivity index (χ3n) is 6.88. The Morgan fingerprint density at radius 3 is 2.14 bits per heavy atom. The first-order valence-corrected chi connectivity index (χ1v) is 12.8. The topological polar surface area (TPSA) is 120 Å². The number of likely N-dealkylation sites (tertiary alicyclic amines) is 2. The number of ether oxygens (including phenoxy) is 3. The zero-order chi connectivity index (χ0) is 26.9.